The molecule has 2 aromatic rings. The van der Waals surface area contributed by atoms with Crippen LogP contribution in [-0.4, -0.2) is 33.3 Å². The van der Waals surface area contributed by atoms with Gasteiger partial charge in [0, 0.05) is 6.61 Å². The number of carboxylic acids is 1. The molecule has 5 heteroatoms. The molecule has 19 heavy (non-hydrogen) atoms. The van der Waals surface area contributed by atoms with Crippen LogP contribution in [0.1, 0.15) is 35.6 Å². The Labute approximate surface area is 110 Å². The van der Waals surface area contributed by atoms with Gasteiger partial charge in [-0.3, -0.25) is 0 Å². The Kier molecular flexibility index (Phi) is 2.78. The molecule has 1 N–H and O–H groups in total. The lowest BCUT2D eigenvalue weighted by molar-refractivity contribution is 0.0698. The van der Waals surface area contributed by atoms with Crippen molar-refractivity contribution in [3.05, 3.63) is 29.6 Å². The van der Waals surface area contributed by atoms with Crippen molar-refractivity contribution in [2.75, 3.05) is 6.61 Å². The van der Waals surface area contributed by atoms with E-state index in [-0.39, 0.29) is 12.1 Å². The Bertz CT molecular complexity index is 647. The van der Waals surface area contributed by atoms with Gasteiger partial charge in [0.25, 0.3) is 0 Å². The summed E-state index contributed by atoms with van der Waals surface area (Å²) in [6.07, 6.45) is 0.972. The molecule has 1 aromatic heterocycles. The molecule has 1 saturated heterocycles. The number of nitrogens with zero attached hydrogens (tertiary/aromatic N) is 2. The normalized spacial score (nSPS) is 23.1. The minimum Gasteiger partial charge on any atom is -0.478 e. The number of hydrogen-bond donors (Lipinski definition) is 1. The molecular formula is C14H16N2O3. The average molecular weight is 260 g/mol. The number of rotatable bonds is 2. The zero-order valence-corrected chi connectivity index (χ0v) is 11.0. The van der Waals surface area contributed by atoms with Crippen molar-refractivity contribution >= 4 is 17.0 Å². The molecule has 0 radical (unpaired) electrons. The fourth-order valence-electron chi connectivity index (χ4n) is 2.90. The van der Waals surface area contributed by atoms with Gasteiger partial charge in [0.05, 0.1) is 28.7 Å². The number of ether oxygens (including phenoxy) is 1. The molecule has 0 aliphatic carbocycles. The molecule has 0 spiro atoms. The first kappa shape index (κ1) is 12.2. The van der Waals surface area contributed by atoms with Crippen molar-refractivity contribution in [3.8, 4) is 0 Å². The molecule has 0 saturated carbocycles. The maximum absolute atomic E-state index is 11.4. The highest BCUT2D eigenvalue weighted by Crippen LogP contribution is 2.32. The van der Waals surface area contributed by atoms with Crippen LogP contribution < -0.4 is 0 Å². The van der Waals surface area contributed by atoms with Crippen molar-refractivity contribution in [2.45, 2.75) is 32.4 Å². The van der Waals surface area contributed by atoms with Crippen molar-refractivity contribution in [3.63, 3.8) is 0 Å². The third-order valence-electron chi connectivity index (χ3n) is 3.78. The standard InChI is InChI=1S/C14H16N2O3/c1-8-12(6-7-19-8)16-9(2)15-11-5-3-4-10(13(11)16)14(17)18/h3-5,8,12H,6-7H2,1-2H3,(H,17,18). The molecule has 1 aliphatic rings. The van der Waals surface area contributed by atoms with E-state index in [0.29, 0.717) is 17.7 Å². The Morgan fingerprint density at radius 3 is 2.95 bits per heavy atom. The van der Waals surface area contributed by atoms with E-state index in [0.717, 1.165) is 17.8 Å². The largest absolute Gasteiger partial charge is 0.478 e. The number of fused-ring (bicyclic) bond motifs is 1. The second kappa shape index (κ2) is 4.35. The van der Waals surface area contributed by atoms with Crippen LogP contribution in [0.4, 0.5) is 0 Å². The summed E-state index contributed by atoms with van der Waals surface area (Å²) in [5.74, 6) is -0.0793. The third-order valence-corrected chi connectivity index (χ3v) is 3.78. The molecule has 2 heterocycles. The van der Waals surface area contributed by atoms with E-state index in [9.17, 15) is 9.90 Å². The number of aryl methyl sites for hydroxylation is 1. The lowest BCUT2D eigenvalue weighted by atomic mass is 10.1. The summed E-state index contributed by atoms with van der Waals surface area (Å²) >= 11 is 0. The molecule has 1 fully saturated rings. The summed E-state index contributed by atoms with van der Waals surface area (Å²) < 4.78 is 7.62. The molecule has 1 aliphatic heterocycles. The maximum atomic E-state index is 11.4. The number of benzene rings is 1. The molecule has 5 nitrogen and oxygen atoms in total. The number of para-hydroxylation sites is 1. The van der Waals surface area contributed by atoms with E-state index in [1.54, 1.807) is 12.1 Å². The Morgan fingerprint density at radius 1 is 1.53 bits per heavy atom. The van der Waals surface area contributed by atoms with Gasteiger partial charge in [-0.25, -0.2) is 9.78 Å². The zero-order chi connectivity index (χ0) is 13.6. The number of aromatic carboxylic acids is 1. The Hall–Kier alpha value is -1.88. The van der Waals surface area contributed by atoms with Crippen LogP contribution in [0, 0.1) is 6.92 Å². The minimum absolute atomic E-state index is 0.0814. The van der Waals surface area contributed by atoms with Crippen LogP contribution in [0.25, 0.3) is 11.0 Å². The van der Waals surface area contributed by atoms with Crippen molar-refractivity contribution in [2.24, 2.45) is 0 Å². The summed E-state index contributed by atoms with van der Waals surface area (Å²) in [6, 6.07) is 5.37. The van der Waals surface area contributed by atoms with E-state index in [2.05, 4.69) is 4.98 Å². The SMILES string of the molecule is Cc1nc2cccc(C(=O)O)c2n1C1CCOC1C. The average Bonchev–Trinajstić information content (AvgIpc) is 2.90. The van der Waals surface area contributed by atoms with E-state index in [1.165, 1.54) is 0 Å². The molecule has 3 rings (SSSR count). The first-order valence-electron chi connectivity index (χ1n) is 6.42. The van der Waals surface area contributed by atoms with Gasteiger partial charge in [-0.2, -0.15) is 0 Å². The summed E-state index contributed by atoms with van der Waals surface area (Å²) in [6.45, 7) is 4.64. The molecule has 2 unspecified atom stereocenters. The second-order valence-corrected chi connectivity index (χ2v) is 4.94. The van der Waals surface area contributed by atoms with E-state index in [1.807, 2.05) is 24.5 Å². The molecule has 2 atom stereocenters. The second-order valence-electron chi connectivity index (χ2n) is 4.94. The van der Waals surface area contributed by atoms with Gasteiger partial charge in [0.2, 0.25) is 0 Å². The van der Waals surface area contributed by atoms with Gasteiger partial charge in [-0.15, -0.1) is 0 Å². The van der Waals surface area contributed by atoms with Crippen molar-refractivity contribution in [1.82, 2.24) is 9.55 Å². The van der Waals surface area contributed by atoms with Gasteiger partial charge >= 0.3 is 5.97 Å². The topological polar surface area (TPSA) is 64.3 Å². The Balaban J connectivity index is 2.28. The first-order valence-corrected chi connectivity index (χ1v) is 6.42. The highest BCUT2D eigenvalue weighted by Gasteiger charge is 2.29. The molecular weight excluding hydrogens is 244 g/mol. The first-order chi connectivity index (χ1) is 9.09. The van der Waals surface area contributed by atoms with Crippen LogP contribution >= 0.6 is 0 Å². The van der Waals surface area contributed by atoms with E-state index in [4.69, 9.17) is 4.74 Å². The van der Waals surface area contributed by atoms with Crippen LogP contribution in [0.5, 0.6) is 0 Å². The van der Waals surface area contributed by atoms with Crippen molar-refractivity contribution < 1.29 is 14.6 Å². The lowest BCUT2D eigenvalue weighted by Gasteiger charge is -2.19. The zero-order valence-electron chi connectivity index (χ0n) is 11.0. The fourth-order valence-corrected chi connectivity index (χ4v) is 2.90. The van der Waals surface area contributed by atoms with E-state index < -0.39 is 5.97 Å². The molecule has 0 bridgehead atoms. The van der Waals surface area contributed by atoms with Gasteiger partial charge in [0.1, 0.15) is 5.82 Å². The fraction of sp³-hybridized carbons (Fsp3) is 0.429. The third kappa shape index (κ3) is 1.81. The number of imidazole rings is 1. The highest BCUT2D eigenvalue weighted by atomic mass is 16.5. The maximum Gasteiger partial charge on any atom is 0.337 e. The van der Waals surface area contributed by atoms with Gasteiger partial charge in [0.15, 0.2) is 0 Å². The smallest absolute Gasteiger partial charge is 0.337 e. The Morgan fingerprint density at radius 2 is 2.32 bits per heavy atom. The molecule has 100 valence electrons. The summed E-state index contributed by atoms with van der Waals surface area (Å²) in [5.41, 5.74) is 1.74. The van der Waals surface area contributed by atoms with Crippen LogP contribution in [0.3, 0.4) is 0 Å². The van der Waals surface area contributed by atoms with Gasteiger partial charge in [-0.1, -0.05) is 6.07 Å². The number of carbonyl (C=O) groups is 1. The van der Waals surface area contributed by atoms with Gasteiger partial charge < -0.3 is 14.4 Å². The molecule has 1 aromatic carbocycles. The van der Waals surface area contributed by atoms with Gasteiger partial charge in [-0.05, 0) is 32.4 Å². The predicted octanol–water partition coefficient (Wildman–Crippen LogP) is 2.39. The number of aromatic nitrogens is 2. The minimum atomic E-state index is -0.918. The van der Waals surface area contributed by atoms with E-state index >= 15 is 0 Å². The van der Waals surface area contributed by atoms with Crippen LogP contribution in [-0.2, 0) is 4.74 Å². The predicted molar refractivity (Wildman–Crippen MR) is 70.5 cm³/mol. The lowest BCUT2D eigenvalue weighted by Crippen LogP contribution is -2.19. The quantitative estimate of drug-likeness (QED) is 0.900. The highest BCUT2D eigenvalue weighted by molar-refractivity contribution is 6.01. The number of hydrogen-bond acceptors (Lipinski definition) is 3. The van der Waals surface area contributed by atoms with Crippen LogP contribution in [0.15, 0.2) is 18.2 Å². The van der Waals surface area contributed by atoms with Crippen molar-refractivity contribution in [1.29, 1.82) is 0 Å². The van der Waals surface area contributed by atoms with Crippen LogP contribution in [0.2, 0.25) is 0 Å². The number of carboxylic acid groups (broad SMARTS) is 1. The summed E-state index contributed by atoms with van der Waals surface area (Å²) in [4.78, 5) is 15.9. The monoisotopic (exact) mass is 260 g/mol. The molecule has 0 amide bonds. The summed E-state index contributed by atoms with van der Waals surface area (Å²) in [5, 5.41) is 9.35. The summed E-state index contributed by atoms with van der Waals surface area (Å²) in [7, 11) is 0.